The van der Waals surface area contributed by atoms with Crippen LogP contribution in [0.1, 0.15) is 12.5 Å². The molecule has 0 heterocycles. The molecule has 1 atom stereocenters. The number of thioether (sulfide) groups is 1. The first kappa shape index (κ1) is 20.0. The van der Waals surface area contributed by atoms with E-state index in [9.17, 15) is 14.7 Å². The van der Waals surface area contributed by atoms with Gasteiger partial charge in [-0.2, -0.15) is 0 Å². The van der Waals surface area contributed by atoms with Gasteiger partial charge in [-0.25, -0.2) is 0 Å². The molecule has 2 aromatic carbocycles. The van der Waals surface area contributed by atoms with Crippen molar-refractivity contribution in [2.24, 2.45) is 0 Å². The second-order valence-electron chi connectivity index (χ2n) is 5.85. The topological polar surface area (TPSA) is 69.6 Å². The predicted molar refractivity (Wildman–Crippen MR) is 104 cm³/mol. The van der Waals surface area contributed by atoms with Gasteiger partial charge in [0.2, 0.25) is 11.8 Å². The van der Waals surface area contributed by atoms with Gasteiger partial charge in [-0.15, -0.1) is 11.8 Å². The number of hydrogen-bond acceptors (Lipinski definition) is 4. The van der Waals surface area contributed by atoms with Gasteiger partial charge < -0.3 is 15.3 Å². The molecule has 2 rings (SSSR count). The SMILES string of the molecule is CC(=O)NC(CSc1ccccc1)C(=O)N(CCO)Cc1ccccc1. The van der Waals surface area contributed by atoms with E-state index in [0.29, 0.717) is 12.3 Å². The number of rotatable bonds is 9. The van der Waals surface area contributed by atoms with Crippen LogP contribution in [0.25, 0.3) is 0 Å². The number of amides is 2. The van der Waals surface area contributed by atoms with Gasteiger partial charge in [-0.3, -0.25) is 9.59 Å². The van der Waals surface area contributed by atoms with E-state index >= 15 is 0 Å². The monoisotopic (exact) mass is 372 g/mol. The molecular weight excluding hydrogens is 348 g/mol. The van der Waals surface area contributed by atoms with Crippen LogP contribution in [0, 0.1) is 0 Å². The second-order valence-corrected chi connectivity index (χ2v) is 6.94. The van der Waals surface area contributed by atoms with Gasteiger partial charge in [-0.1, -0.05) is 48.5 Å². The van der Waals surface area contributed by atoms with Gasteiger partial charge in [0.25, 0.3) is 0 Å². The van der Waals surface area contributed by atoms with Crippen molar-refractivity contribution < 1.29 is 14.7 Å². The van der Waals surface area contributed by atoms with Crippen LogP contribution < -0.4 is 5.32 Å². The summed E-state index contributed by atoms with van der Waals surface area (Å²) in [5.74, 6) is -0.0127. The lowest BCUT2D eigenvalue weighted by Crippen LogP contribution is -2.49. The maximum atomic E-state index is 13.0. The lowest BCUT2D eigenvalue weighted by Gasteiger charge is -2.27. The molecule has 0 saturated carbocycles. The second kappa shape index (κ2) is 10.6. The number of aliphatic hydroxyl groups excluding tert-OH is 1. The van der Waals surface area contributed by atoms with Gasteiger partial charge in [0, 0.05) is 30.7 Å². The molecule has 26 heavy (non-hydrogen) atoms. The van der Waals surface area contributed by atoms with Crippen LogP contribution in [0.5, 0.6) is 0 Å². The van der Waals surface area contributed by atoms with Crippen LogP contribution in [0.2, 0.25) is 0 Å². The first-order valence-corrected chi connectivity index (χ1v) is 9.47. The molecule has 2 N–H and O–H groups in total. The van der Waals surface area contributed by atoms with Gasteiger partial charge >= 0.3 is 0 Å². The molecule has 0 spiro atoms. The average molecular weight is 372 g/mol. The Bertz CT molecular complexity index is 695. The molecule has 0 aromatic heterocycles. The van der Waals surface area contributed by atoms with Gasteiger partial charge in [-0.05, 0) is 17.7 Å². The Balaban J connectivity index is 2.09. The molecule has 6 heteroatoms. The number of nitrogens with zero attached hydrogens (tertiary/aromatic N) is 1. The largest absolute Gasteiger partial charge is 0.395 e. The van der Waals surface area contributed by atoms with Crippen LogP contribution in [0.4, 0.5) is 0 Å². The molecule has 5 nitrogen and oxygen atoms in total. The minimum atomic E-state index is -0.645. The average Bonchev–Trinajstić information content (AvgIpc) is 2.65. The minimum Gasteiger partial charge on any atom is -0.395 e. The molecule has 2 amide bonds. The first-order valence-electron chi connectivity index (χ1n) is 8.48. The van der Waals surface area contributed by atoms with E-state index in [1.807, 2.05) is 60.7 Å². The quantitative estimate of drug-likeness (QED) is 0.663. The molecule has 0 radical (unpaired) electrons. The molecule has 0 aliphatic carbocycles. The van der Waals surface area contributed by atoms with Crippen molar-refractivity contribution in [2.75, 3.05) is 18.9 Å². The van der Waals surface area contributed by atoms with Crippen LogP contribution in [-0.4, -0.2) is 46.8 Å². The Morgan fingerprint density at radius 1 is 1.08 bits per heavy atom. The number of nitrogens with one attached hydrogen (secondary N) is 1. The summed E-state index contributed by atoms with van der Waals surface area (Å²) in [6.45, 7) is 1.89. The highest BCUT2D eigenvalue weighted by molar-refractivity contribution is 7.99. The van der Waals surface area contributed by atoms with E-state index in [2.05, 4.69) is 5.32 Å². The van der Waals surface area contributed by atoms with E-state index in [0.717, 1.165) is 10.5 Å². The Morgan fingerprint density at radius 3 is 2.27 bits per heavy atom. The van der Waals surface area contributed by atoms with E-state index in [1.165, 1.54) is 18.7 Å². The third kappa shape index (κ3) is 6.54. The number of hydrogen-bond donors (Lipinski definition) is 2. The molecule has 0 bridgehead atoms. The predicted octanol–water partition coefficient (Wildman–Crippen LogP) is 2.30. The first-order chi connectivity index (χ1) is 12.6. The molecule has 2 aromatic rings. The fraction of sp³-hybridized carbons (Fsp3) is 0.300. The Kier molecular flexibility index (Phi) is 8.18. The molecule has 0 saturated heterocycles. The number of aliphatic hydroxyl groups is 1. The van der Waals surface area contributed by atoms with Crippen LogP contribution in [0.3, 0.4) is 0 Å². The normalized spacial score (nSPS) is 11.6. The highest BCUT2D eigenvalue weighted by Crippen LogP contribution is 2.19. The van der Waals surface area contributed by atoms with E-state index in [1.54, 1.807) is 4.90 Å². The standard InChI is InChI=1S/C20H24N2O3S/c1-16(24)21-19(15-26-18-10-6-3-7-11-18)20(25)22(12-13-23)14-17-8-4-2-5-9-17/h2-11,19,23H,12-15H2,1H3,(H,21,24). The third-order valence-corrected chi connectivity index (χ3v) is 4.84. The summed E-state index contributed by atoms with van der Waals surface area (Å²) in [5.41, 5.74) is 0.978. The van der Waals surface area contributed by atoms with E-state index in [4.69, 9.17) is 0 Å². The maximum absolute atomic E-state index is 13.0. The lowest BCUT2D eigenvalue weighted by molar-refractivity contribution is -0.136. The number of benzene rings is 2. The van der Waals surface area contributed by atoms with Crippen molar-refractivity contribution >= 4 is 23.6 Å². The zero-order valence-electron chi connectivity index (χ0n) is 14.8. The van der Waals surface area contributed by atoms with Crippen LogP contribution >= 0.6 is 11.8 Å². The van der Waals surface area contributed by atoms with Crippen molar-refractivity contribution in [2.45, 2.75) is 24.4 Å². The lowest BCUT2D eigenvalue weighted by atomic mass is 10.2. The highest BCUT2D eigenvalue weighted by Gasteiger charge is 2.25. The van der Waals surface area contributed by atoms with Gasteiger partial charge in [0.05, 0.1) is 6.61 Å². The van der Waals surface area contributed by atoms with Crippen molar-refractivity contribution in [3.05, 3.63) is 66.2 Å². The van der Waals surface area contributed by atoms with E-state index in [-0.39, 0.29) is 25.0 Å². The van der Waals surface area contributed by atoms with Crippen molar-refractivity contribution in [3.8, 4) is 0 Å². The molecule has 0 aliphatic rings. The van der Waals surface area contributed by atoms with Crippen LogP contribution in [-0.2, 0) is 16.1 Å². The smallest absolute Gasteiger partial charge is 0.246 e. The zero-order valence-corrected chi connectivity index (χ0v) is 15.6. The zero-order chi connectivity index (χ0) is 18.8. The summed E-state index contributed by atoms with van der Waals surface area (Å²) < 4.78 is 0. The third-order valence-electron chi connectivity index (χ3n) is 3.73. The maximum Gasteiger partial charge on any atom is 0.246 e. The molecule has 0 fully saturated rings. The molecule has 138 valence electrons. The number of carbonyl (C=O) groups is 2. The van der Waals surface area contributed by atoms with Crippen molar-refractivity contribution in [1.82, 2.24) is 10.2 Å². The Hall–Kier alpha value is -2.31. The summed E-state index contributed by atoms with van der Waals surface area (Å²) in [5, 5.41) is 12.1. The van der Waals surface area contributed by atoms with Gasteiger partial charge in [0.15, 0.2) is 0 Å². The fourth-order valence-electron chi connectivity index (χ4n) is 2.53. The minimum absolute atomic E-state index is 0.128. The van der Waals surface area contributed by atoms with E-state index < -0.39 is 6.04 Å². The fourth-order valence-corrected chi connectivity index (χ4v) is 3.46. The molecular formula is C20H24N2O3S. The summed E-state index contributed by atoms with van der Waals surface area (Å²) in [4.78, 5) is 27.2. The summed E-state index contributed by atoms with van der Waals surface area (Å²) in [6.07, 6.45) is 0. The van der Waals surface area contributed by atoms with Gasteiger partial charge in [0.1, 0.15) is 6.04 Å². The van der Waals surface area contributed by atoms with Crippen LogP contribution in [0.15, 0.2) is 65.6 Å². The Morgan fingerprint density at radius 2 is 1.69 bits per heavy atom. The Labute approximate surface area is 158 Å². The summed E-state index contributed by atoms with van der Waals surface area (Å²) in [6, 6.07) is 18.7. The number of carbonyl (C=O) groups excluding carboxylic acids is 2. The summed E-state index contributed by atoms with van der Waals surface area (Å²) >= 11 is 1.52. The molecule has 0 aliphatic heterocycles. The summed E-state index contributed by atoms with van der Waals surface area (Å²) in [7, 11) is 0. The molecule has 1 unspecified atom stereocenters. The highest BCUT2D eigenvalue weighted by atomic mass is 32.2. The van der Waals surface area contributed by atoms with Crippen molar-refractivity contribution in [1.29, 1.82) is 0 Å². The van der Waals surface area contributed by atoms with Crippen molar-refractivity contribution in [3.63, 3.8) is 0 Å².